The number of aliphatic hydroxyl groups is 1. The average molecular weight is 535 g/mol. The Hall–Kier alpha value is -3.68. The molecule has 2 aromatic heterocycles. The van der Waals surface area contributed by atoms with Crippen LogP contribution in [0.3, 0.4) is 0 Å². The van der Waals surface area contributed by atoms with Crippen LogP contribution < -0.4 is 20.9 Å². The quantitative estimate of drug-likeness (QED) is 0.351. The van der Waals surface area contributed by atoms with Crippen LogP contribution in [-0.4, -0.2) is 75.2 Å². The van der Waals surface area contributed by atoms with E-state index in [9.17, 15) is 15.6 Å². The van der Waals surface area contributed by atoms with E-state index in [1.165, 1.54) is 10.7 Å². The van der Waals surface area contributed by atoms with Crippen LogP contribution in [0, 0.1) is 22.7 Å². The highest BCUT2D eigenvalue weighted by atomic mass is 35.5. The van der Waals surface area contributed by atoms with Gasteiger partial charge >= 0.3 is 0 Å². The lowest BCUT2D eigenvalue weighted by Gasteiger charge is -2.36. The molecule has 2 saturated heterocycles. The molecule has 0 spiro atoms. The Bertz CT molecular complexity index is 1430. The number of rotatable bonds is 7. The first-order valence-corrected chi connectivity index (χ1v) is 13.1. The predicted molar refractivity (Wildman–Crippen MR) is 141 cm³/mol. The Kier molecular flexibility index (Phi) is 6.64. The second-order valence-corrected chi connectivity index (χ2v) is 10.3. The average Bonchev–Trinajstić information content (AvgIpc) is 3.50. The third kappa shape index (κ3) is 4.91. The number of hydrogen-bond acceptors (Lipinski definition) is 11. The van der Waals surface area contributed by atoms with Crippen molar-refractivity contribution in [2.45, 2.75) is 49.9 Å². The van der Waals surface area contributed by atoms with E-state index < -0.39 is 6.10 Å². The van der Waals surface area contributed by atoms with Crippen molar-refractivity contribution in [3.05, 3.63) is 34.6 Å². The maximum Gasteiger partial charge on any atom is 0.247 e. The molecule has 0 amide bonds. The summed E-state index contributed by atoms with van der Waals surface area (Å²) in [4.78, 5) is 11.1. The van der Waals surface area contributed by atoms with E-state index in [4.69, 9.17) is 16.3 Å². The van der Waals surface area contributed by atoms with Gasteiger partial charge in [0.15, 0.2) is 17.2 Å². The summed E-state index contributed by atoms with van der Waals surface area (Å²) >= 11 is 6.88. The van der Waals surface area contributed by atoms with E-state index in [0.717, 1.165) is 44.5 Å². The fourth-order valence-corrected chi connectivity index (χ4v) is 5.21. The molecule has 12 nitrogen and oxygen atoms in total. The van der Waals surface area contributed by atoms with E-state index in [2.05, 4.69) is 48.1 Å². The molecule has 2 aliphatic heterocycles. The summed E-state index contributed by atoms with van der Waals surface area (Å²) in [7, 11) is 0. The lowest BCUT2D eigenvalue weighted by Crippen LogP contribution is -2.49. The standard InChI is InChI=1S/C25H27ClN10O2/c26-22-18(32-25-33-23(31-15-1-2-15)24-29-11-17(10-28)36(24)34-25)7-14(9-27)8-20(22)35-5-3-16(4-6-35)30-19-12-38-13-21(19)37/h7-8,11,15-16,19,21,30,37H,1-6,12-13H2,(H2,31,32,33,34)/t19-,21+/m1/s1. The first-order valence-electron chi connectivity index (χ1n) is 12.7. The smallest absolute Gasteiger partial charge is 0.247 e. The van der Waals surface area contributed by atoms with Crippen LogP contribution in [0.5, 0.6) is 0 Å². The minimum atomic E-state index is -0.476. The third-order valence-electron chi connectivity index (χ3n) is 7.16. The van der Waals surface area contributed by atoms with Gasteiger partial charge in [0.25, 0.3) is 0 Å². The summed E-state index contributed by atoms with van der Waals surface area (Å²) in [5, 5.41) is 44.2. The zero-order chi connectivity index (χ0) is 26.2. The summed E-state index contributed by atoms with van der Waals surface area (Å²) in [6, 6.07) is 8.34. The molecule has 3 aromatic rings. The number of benzene rings is 1. The first-order chi connectivity index (χ1) is 18.5. The second kappa shape index (κ2) is 10.2. The van der Waals surface area contributed by atoms with Gasteiger partial charge in [0, 0.05) is 25.2 Å². The molecule has 13 heteroatoms. The van der Waals surface area contributed by atoms with Gasteiger partial charge in [-0.2, -0.15) is 20.0 Å². The van der Waals surface area contributed by atoms with Crippen molar-refractivity contribution in [3.63, 3.8) is 0 Å². The number of imidazole rings is 1. The molecule has 4 heterocycles. The number of fused-ring (bicyclic) bond motifs is 1. The molecular formula is C25H27ClN10O2. The fraction of sp³-hybridized carbons (Fsp3) is 0.480. The molecule has 6 rings (SSSR count). The zero-order valence-electron chi connectivity index (χ0n) is 20.6. The Morgan fingerprint density at radius 1 is 1.08 bits per heavy atom. The van der Waals surface area contributed by atoms with Crippen molar-refractivity contribution in [2.75, 3.05) is 41.8 Å². The highest BCUT2D eigenvalue weighted by Gasteiger charge is 2.30. The number of nitriles is 2. The van der Waals surface area contributed by atoms with Crippen LogP contribution in [0.25, 0.3) is 5.65 Å². The number of ether oxygens (including phenoxy) is 1. The van der Waals surface area contributed by atoms with E-state index in [-0.39, 0.29) is 23.7 Å². The van der Waals surface area contributed by atoms with Gasteiger partial charge < -0.3 is 30.7 Å². The lowest BCUT2D eigenvalue weighted by atomic mass is 10.0. The molecule has 0 radical (unpaired) electrons. The highest BCUT2D eigenvalue weighted by Crippen LogP contribution is 2.37. The number of nitrogens with one attached hydrogen (secondary N) is 3. The molecule has 3 fully saturated rings. The highest BCUT2D eigenvalue weighted by molar-refractivity contribution is 6.36. The SMILES string of the molecule is N#Cc1cc(Nc2nc(NC3CC3)c3ncc(C#N)n3n2)c(Cl)c(N2CCC(N[C@@H]3COC[C@@H]3O)CC2)c1. The maximum absolute atomic E-state index is 10.0. The Morgan fingerprint density at radius 2 is 1.89 bits per heavy atom. The summed E-state index contributed by atoms with van der Waals surface area (Å²) in [6.45, 7) is 2.38. The molecule has 1 aliphatic carbocycles. The first kappa shape index (κ1) is 24.6. The minimum Gasteiger partial charge on any atom is -0.389 e. The number of nitrogens with zero attached hydrogens (tertiary/aromatic N) is 7. The number of anilines is 4. The van der Waals surface area contributed by atoms with Crippen LogP contribution >= 0.6 is 11.6 Å². The molecular weight excluding hydrogens is 508 g/mol. The van der Waals surface area contributed by atoms with Crippen molar-refractivity contribution in [3.8, 4) is 12.1 Å². The topological polar surface area (TPSA) is 159 Å². The van der Waals surface area contributed by atoms with Gasteiger partial charge in [-0.15, -0.1) is 5.10 Å². The van der Waals surface area contributed by atoms with Gasteiger partial charge in [0.05, 0.1) is 59.6 Å². The van der Waals surface area contributed by atoms with Crippen molar-refractivity contribution in [1.82, 2.24) is 24.9 Å². The summed E-state index contributed by atoms with van der Waals surface area (Å²) < 4.78 is 6.80. The van der Waals surface area contributed by atoms with Crippen molar-refractivity contribution in [2.24, 2.45) is 0 Å². The molecule has 2 atom stereocenters. The zero-order valence-corrected chi connectivity index (χ0v) is 21.3. The Morgan fingerprint density at radius 3 is 2.58 bits per heavy atom. The van der Waals surface area contributed by atoms with Gasteiger partial charge in [0.1, 0.15) is 6.07 Å². The van der Waals surface area contributed by atoms with E-state index in [1.54, 1.807) is 12.1 Å². The Labute approximate surface area is 224 Å². The molecule has 196 valence electrons. The molecule has 3 aliphatic rings. The van der Waals surface area contributed by atoms with E-state index in [1.807, 2.05) is 0 Å². The van der Waals surface area contributed by atoms with Crippen molar-refractivity contribution >= 4 is 40.4 Å². The Balaban J connectivity index is 1.24. The second-order valence-electron chi connectivity index (χ2n) is 9.93. The molecule has 1 aromatic carbocycles. The molecule has 4 N–H and O–H groups in total. The van der Waals surface area contributed by atoms with Crippen LogP contribution in [-0.2, 0) is 4.74 Å². The van der Waals surface area contributed by atoms with Gasteiger partial charge in [-0.3, -0.25) is 0 Å². The lowest BCUT2D eigenvalue weighted by molar-refractivity contribution is 0.120. The molecule has 38 heavy (non-hydrogen) atoms. The van der Waals surface area contributed by atoms with Crippen LogP contribution in [0.4, 0.5) is 23.1 Å². The van der Waals surface area contributed by atoms with E-state index in [0.29, 0.717) is 47.0 Å². The number of hydrogen-bond donors (Lipinski definition) is 4. The molecule has 1 saturated carbocycles. The third-order valence-corrected chi connectivity index (χ3v) is 7.56. The molecule has 0 bridgehead atoms. The van der Waals surface area contributed by atoms with Crippen molar-refractivity contribution < 1.29 is 9.84 Å². The van der Waals surface area contributed by atoms with Gasteiger partial charge in [-0.25, -0.2) is 4.98 Å². The minimum absolute atomic E-state index is 0.0402. The largest absolute Gasteiger partial charge is 0.389 e. The summed E-state index contributed by atoms with van der Waals surface area (Å²) in [5.74, 6) is 0.768. The number of aliphatic hydroxyl groups excluding tert-OH is 1. The van der Waals surface area contributed by atoms with Crippen molar-refractivity contribution in [1.29, 1.82) is 10.5 Å². The maximum atomic E-state index is 10.0. The van der Waals surface area contributed by atoms with Crippen LogP contribution in [0.2, 0.25) is 5.02 Å². The normalized spacial score (nSPS) is 21.8. The van der Waals surface area contributed by atoms with E-state index >= 15 is 0 Å². The number of piperidine rings is 1. The van der Waals surface area contributed by atoms with Crippen LogP contribution in [0.15, 0.2) is 18.3 Å². The fourth-order valence-electron chi connectivity index (χ4n) is 4.94. The van der Waals surface area contributed by atoms with Crippen LogP contribution in [0.1, 0.15) is 36.9 Å². The number of aromatic nitrogens is 4. The predicted octanol–water partition coefficient (Wildman–Crippen LogP) is 2.16. The monoisotopic (exact) mass is 534 g/mol. The summed E-state index contributed by atoms with van der Waals surface area (Å²) in [5.41, 5.74) is 2.48. The molecule has 0 unspecified atom stereocenters. The summed E-state index contributed by atoms with van der Waals surface area (Å²) in [6.07, 6.45) is 4.82. The number of halogens is 1. The van der Waals surface area contributed by atoms with Gasteiger partial charge in [0.2, 0.25) is 5.95 Å². The van der Waals surface area contributed by atoms with Gasteiger partial charge in [-0.05, 0) is 37.8 Å². The van der Waals surface area contributed by atoms with Gasteiger partial charge in [-0.1, -0.05) is 11.6 Å².